The zero-order valence-electron chi connectivity index (χ0n) is 5.33. The van der Waals surface area contributed by atoms with Gasteiger partial charge in [-0.25, -0.2) is 0 Å². The van der Waals surface area contributed by atoms with Crippen LogP contribution in [0.25, 0.3) is 0 Å². The molecule has 4 heteroatoms. The number of azo groups is 1. The van der Waals surface area contributed by atoms with E-state index in [9.17, 15) is 4.79 Å². The van der Waals surface area contributed by atoms with Gasteiger partial charge in [0.2, 0.25) is 0 Å². The van der Waals surface area contributed by atoms with Gasteiger partial charge in [0.15, 0.2) is 0 Å². The lowest BCUT2D eigenvalue weighted by atomic mass is 10.5. The summed E-state index contributed by atoms with van der Waals surface area (Å²) in [5.74, 6) is -0.252. The Morgan fingerprint density at radius 2 is 2.00 bits per heavy atom. The number of rotatable bonds is 0. The van der Waals surface area contributed by atoms with E-state index in [1.54, 1.807) is 6.92 Å². The number of hydrogen-bond acceptors (Lipinski definition) is 3. The van der Waals surface area contributed by atoms with E-state index in [2.05, 4.69) is 10.2 Å². The van der Waals surface area contributed by atoms with Crippen molar-refractivity contribution < 1.29 is 9.90 Å². The van der Waals surface area contributed by atoms with Gasteiger partial charge in [-0.15, -0.1) is 5.11 Å². The van der Waals surface area contributed by atoms with Gasteiger partial charge < -0.3 is 5.11 Å². The molecule has 0 aromatic rings. The van der Waals surface area contributed by atoms with Crippen LogP contribution in [0.15, 0.2) is 22.0 Å². The van der Waals surface area contributed by atoms with Crippen LogP contribution in [-0.4, -0.2) is 18.1 Å². The summed E-state index contributed by atoms with van der Waals surface area (Å²) in [6.07, 6.45) is 1.39. The minimum absolute atomic E-state index is 0.252. The molecule has 0 bridgehead atoms. The summed E-state index contributed by atoms with van der Waals surface area (Å²) in [6.45, 7) is 1.73. The number of aliphatic hydroxyl groups excluding tert-OH is 1. The average Bonchev–Trinajstić information content (AvgIpc) is 2.20. The summed E-state index contributed by atoms with van der Waals surface area (Å²) >= 11 is 0. The van der Waals surface area contributed by atoms with Gasteiger partial charge in [0, 0.05) is 13.2 Å². The Hall–Kier alpha value is -1.03. The second-order valence-corrected chi connectivity index (χ2v) is 1.32. The van der Waals surface area contributed by atoms with Crippen molar-refractivity contribution >= 4 is 5.91 Å². The largest absolute Gasteiger partial charge is 0.400 e. The molecule has 0 saturated carbocycles. The van der Waals surface area contributed by atoms with Crippen LogP contribution < -0.4 is 0 Å². The molecule has 9 heavy (non-hydrogen) atoms. The fraction of sp³-hybridized carbons (Fsp3) is 0.400. The molecular weight excluding hydrogens is 120 g/mol. The SMILES string of the molecule is CC1=CC(=O)N=N1.CO. The summed E-state index contributed by atoms with van der Waals surface area (Å²) in [5, 5.41) is 13.7. The first-order valence-electron chi connectivity index (χ1n) is 2.38. The van der Waals surface area contributed by atoms with Gasteiger partial charge in [0.25, 0.3) is 5.91 Å². The molecule has 50 valence electrons. The first-order valence-corrected chi connectivity index (χ1v) is 2.38. The maximum absolute atomic E-state index is 10.1. The third kappa shape index (κ3) is 2.71. The molecule has 1 aliphatic rings. The van der Waals surface area contributed by atoms with Crippen molar-refractivity contribution in [1.29, 1.82) is 0 Å². The Morgan fingerprint density at radius 1 is 1.44 bits per heavy atom. The van der Waals surface area contributed by atoms with Gasteiger partial charge in [0.05, 0.1) is 5.70 Å². The lowest BCUT2D eigenvalue weighted by molar-refractivity contribution is -0.113. The molecule has 1 heterocycles. The predicted octanol–water partition coefficient (Wildman–Crippen LogP) is 0.491. The fourth-order valence-electron chi connectivity index (χ4n) is 0.365. The van der Waals surface area contributed by atoms with E-state index in [0.717, 1.165) is 7.11 Å². The Balaban J connectivity index is 0.000000291. The molecule has 1 amide bonds. The highest BCUT2D eigenvalue weighted by molar-refractivity contribution is 5.90. The molecule has 0 aliphatic carbocycles. The number of carbonyl (C=O) groups is 1. The topological polar surface area (TPSA) is 62.0 Å². The predicted molar refractivity (Wildman–Crippen MR) is 31.8 cm³/mol. The van der Waals surface area contributed by atoms with Crippen molar-refractivity contribution in [2.45, 2.75) is 6.92 Å². The first kappa shape index (κ1) is 7.97. The molecule has 4 nitrogen and oxygen atoms in total. The van der Waals surface area contributed by atoms with Crippen molar-refractivity contribution in [3.8, 4) is 0 Å². The number of hydrogen-bond donors (Lipinski definition) is 1. The average molecular weight is 128 g/mol. The highest BCUT2D eigenvalue weighted by Crippen LogP contribution is 2.03. The summed E-state index contributed by atoms with van der Waals surface area (Å²) in [5.41, 5.74) is 0.685. The maximum Gasteiger partial charge on any atom is 0.290 e. The lowest BCUT2D eigenvalue weighted by Gasteiger charge is -1.67. The molecule has 0 atom stereocenters. The van der Waals surface area contributed by atoms with Gasteiger partial charge in [-0.2, -0.15) is 5.11 Å². The molecule has 0 saturated heterocycles. The number of nitrogens with zero attached hydrogens (tertiary/aromatic N) is 2. The van der Waals surface area contributed by atoms with Crippen LogP contribution in [-0.2, 0) is 4.79 Å². The quantitative estimate of drug-likeness (QED) is 0.516. The van der Waals surface area contributed by atoms with Crippen LogP contribution in [0.3, 0.4) is 0 Å². The van der Waals surface area contributed by atoms with Crippen molar-refractivity contribution in [2.75, 3.05) is 7.11 Å². The van der Waals surface area contributed by atoms with Gasteiger partial charge in [0.1, 0.15) is 0 Å². The van der Waals surface area contributed by atoms with Crippen molar-refractivity contribution in [2.24, 2.45) is 10.2 Å². The van der Waals surface area contributed by atoms with E-state index in [0.29, 0.717) is 5.70 Å². The van der Waals surface area contributed by atoms with Crippen LogP contribution in [0.1, 0.15) is 6.92 Å². The maximum atomic E-state index is 10.1. The van der Waals surface area contributed by atoms with Gasteiger partial charge in [-0.3, -0.25) is 4.79 Å². The van der Waals surface area contributed by atoms with Crippen LogP contribution in [0, 0.1) is 0 Å². The van der Waals surface area contributed by atoms with Crippen molar-refractivity contribution in [3.05, 3.63) is 11.8 Å². The Bertz CT molecular complexity index is 160. The number of amides is 1. The van der Waals surface area contributed by atoms with Gasteiger partial charge >= 0.3 is 0 Å². The van der Waals surface area contributed by atoms with E-state index in [4.69, 9.17) is 5.11 Å². The van der Waals surface area contributed by atoms with E-state index < -0.39 is 0 Å². The van der Waals surface area contributed by atoms with Gasteiger partial charge in [-0.1, -0.05) is 0 Å². The zero-order valence-corrected chi connectivity index (χ0v) is 5.33. The summed E-state index contributed by atoms with van der Waals surface area (Å²) < 4.78 is 0. The van der Waals surface area contributed by atoms with E-state index in [1.807, 2.05) is 0 Å². The van der Waals surface area contributed by atoms with Crippen molar-refractivity contribution in [3.63, 3.8) is 0 Å². The van der Waals surface area contributed by atoms with Gasteiger partial charge in [-0.05, 0) is 6.92 Å². The standard InChI is InChI=1S/C4H4N2O.CH4O/c1-3-2-4(7)6-5-3;1-2/h2H,1H3;2H,1H3. The molecule has 1 aliphatic heterocycles. The Labute approximate surface area is 52.9 Å². The monoisotopic (exact) mass is 128 g/mol. The lowest BCUT2D eigenvalue weighted by Crippen LogP contribution is -1.75. The van der Waals surface area contributed by atoms with E-state index in [1.165, 1.54) is 6.08 Å². The molecule has 0 aromatic carbocycles. The molecule has 0 aromatic heterocycles. The molecule has 0 spiro atoms. The smallest absolute Gasteiger partial charge is 0.290 e. The van der Waals surface area contributed by atoms with Crippen LogP contribution >= 0.6 is 0 Å². The molecule has 0 fully saturated rings. The Kier molecular flexibility index (Phi) is 3.46. The highest BCUT2D eigenvalue weighted by atomic mass is 16.2. The highest BCUT2D eigenvalue weighted by Gasteiger charge is 2.00. The zero-order chi connectivity index (χ0) is 7.28. The normalized spacial score (nSPS) is 14.6. The number of carbonyl (C=O) groups excluding carboxylic acids is 1. The first-order chi connectivity index (χ1) is 4.29. The Morgan fingerprint density at radius 3 is 2.11 bits per heavy atom. The minimum atomic E-state index is -0.252. The second kappa shape index (κ2) is 3.91. The number of allylic oxidation sites excluding steroid dienone is 1. The third-order valence-electron chi connectivity index (χ3n) is 0.639. The number of aliphatic hydroxyl groups is 1. The summed E-state index contributed by atoms with van der Waals surface area (Å²) in [4.78, 5) is 10.1. The van der Waals surface area contributed by atoms with Crippen LogP contribution in [0.5, 0.6) is 0 Å². The van der Waals surface area contributed by atoms with E-state index >= 15 is 0 Å². The van der Waals surface area contributed by atoms with Crippen LogP contribution in [0.2, 0.25) is 0 Å². The van der Waals surface area contributed by atoms with Crippen LogP contribution in [0.4, 0.5) is 0 Å². The molecule has 0 radical (unpaired) electrons. The van der Waals surface area contributed by atoms with E-state index in [-0.39, 0.29) is 5.91 Å². The fourth-order valence-corrected chi connectivity index (χ4v) is 0.365. The van der Waals surface area contributed by atoms with Crippen molar-refractivity contribution in [1.82, 2.24) is 0 Å². The third-order valence-corrected chi connectivity index (χ3v) is 0.639. The minimum Gasteiger partial charge on any atom is -0.400 e. The summed E-state index contributed by atoms with van der Waals surface area (Å²) in [7, 11) is 1.00. The molecular formula is C5H8N2O2. The second-order valence-electron chi connectivity index (χ2n) is 1.32. The summed E-state index contributed by atoms with van der Waals surface area (Å²) in [6, 6.07) is 0. The molecule has 1 N–H and O–H groups in total. The molecule has 0 unspecified atom stereocenters. The molecule has 1 rings (SSSR count).